The highest BCUT2D eigenvalue weighted by Gasteiger charge is 2.45. The van der Waals surface area contributed by atoms with Gasteiger partial charge in [-0.1, -0.05) is 75.4 Å². The van der Waals surface area contributed by atoms with Crippen LogP contribution in [-0.4, -0.2) is 36.3 Å². The lowest BCUT2D eigenvalue weighted by molar-refractivity contribution is 0.0600. The van der Waals surface area contributed by atoms with Gasteiger partial charge in [0.1, 0.15) is 0 Å². The zero-order valence-electron chi connectivity index (χ0n) is 24.2. The van der Waals surface area contributed by atoms with Crippen molar-refractivity contribution in [2.24, 2.45) is 0 Å². The predicted octanol–water partition coefficient (Wildman–Crippen LogP) is 9.69. The number of fused-ring (bicyclic) bond motifs is 4. The second-order valence-electron chi connectivity index (χ2n) is 11.1. The van der Waals surface area contributed by atoms with Crippen LogP contribution >= 0.6 is 22.7 Å². The first-order valence-electron chi connectivity index (χ1n) is 14.9. The van der Waals surface area contributed by atoms with Gasteiger partial charge in [0, 0.05) is 38.6 Å². The van der Waals surface area contributed by atoms with E-state index in [-0.39, 0.29) is 11.8 Å². The van der Waals surface area contributed by atoms with Gasteiger partial charge in [-0.2, -0.15) is 0 Å². The third-order valence-corrected chi connectivity index (χ3v) is 10.4. The summed E-state index contributed by atoms with van der Waals surface area (Å²) in [6.07, 6.45) is 6.48. The Labute approximate surface area is 258 Å². The number of esters is 1. The number of nitrogens with zero attached hydrogens (tertiary/aromatic N) is 1. The zero-order valence-corrected chi connectivity index (χ0v) is 25.8. The summed E-state index contributed by atoms with van der Waals surface area (Å²) < 4.78 is 5.12. The van der Waals surface area contributed by atoms with Gasteiger partial charge in [-0.25, -0.2) is 4.79 Å². The molecule has 3 aromatic carbocycles. The van der Waals surface area contributed by atoms with Crippen LogP contribution in [0.5, 0.6) is 0 Å². The number of carbonyl (C=O) groups is 3. The molecule has 0 spiro atoms. The van der Waals surface area contributed by atoms with Crippen molar-refractivity contribution in [3.05, 3.63) is 82.0 Å². The van der Waals surface area contributed by atoms with E-state index >= 15 is 0 Å². The molecule has 2 aromatic heterocycles. The number of benzene rings is 3. The summed E-state index contributed by atoms with van der Waals surface area (Å²) in [6.45, 7) is 2.62. The highest BCUT2D eigenvalue weighted by molar-refractivity contribution is 7.14. The Hall–Kier alpha value is -4.07. The van der Waals surface area contributed by atoms with Gasteiger partial charge in [-0.15, -0.1) is 22.7 Å². The summed E-state index contributed by atoms with van der Waals surface area (Å²) in [5.41, 5.74) is 6.95. The minimum absolute atomic E-state index is 0.212. The van der Waals surface area contributed by atoms with E-state index in [1.165, 1.54) is 31.3 Å². The third-order valence-electron chi connectivity index (χ3n) is 8.67. The van der Waals surface area contributed by atoms with Gasteiger partial charge in [-0.3, -0.25) is 14.5 Å². The second kappa shape index (κ2) is 11.2. The summed E-state index contributed by atoms with van der Waals surface area (Å²) >= 11 is 3.14. The molecule has 1 aliphatic heterocycles. The lowest BCUT2D eigenvalue weighted by Crippen LogP contribution is -2.30. The van der Waals surface area contributed by atoms with Crippen LogP contribution in [0.15, 0.2) is 65.4 Å². The smallest absolute Gasteiger partial charge is 0.338 e. The topological polar surface area (TPSA) is 63.7 Å². The molecular formula is C36H31NO4S2. The molecule has 5 aromatic rings. The normalized spacial score (nSPS) is 13.2. The molecule has 3 heterocycles. The molecular weight excluding hydrogens is 575 g/mol. The SMILES string of the molecule is CCCCCCCCN1C(=O)c2c(c(-c3cccs3)c3c(c2-c2cccs2)-c2cccc4c(C(=O)OC)ccc-3c24)C1=O. The molecule has 2 aliphatic rings. The van der Waals surface area contributed by atoms with E-state index in [9.17, 15) is 14.4 Å². The van der Waals surface area contributed by atoms with Crippen molar-refractivity contribution in [3.8, 4) is 43.1 Å². The van der Waals surface area contributed by atoms with E-state index in [0.29, 0.717) is 23.2 Å². The van der Waals surface area contributed by atoms with Gasteiger partial charge in [0.25, 0.3) is 11.8 Å². The molecule has 7 heteroatoms. The fraction of sp³-hybridized carbons (Fsp3) is 0.250. The van der Waals surface area contributed by atoms with Gasteiger partial charge in [0.2, 0.25) is 0 Å². The molecule has 0 bridgehead atoms. The van der Waals surface area contributed by atoms with Crippen LogP contribution in [0, 0.1) is 0 Å². The number of methoxy groups -OCH3 is 1. The summed E-state index contributed by atoms with van der Waals surface area (Å²) in [7, 11) is 1.39. The Kier molecular flexibility index (Phi) is 7.23. The highest BCUT2D eigenvalue weighted by atomic mass is 32.1. The summed E-state index contributed by atoms with van der Waals surface area (Å²) in [4.78, 5) is 44.9. The van der Waals surface area contributed by atoms with E-state index in [0.717, 1.165) is 73.2 Å². The molecule has 0 unspecified atom stereocenters. The number of rotatable bonds is 10. The monoisotopic (exact) mass is 605 g/mol. The fourth-order valence-corrected chi connectivity index (χ4v) is 8.34. The van der Waals surface area contributed by atoms with Crippen LogP contribution in [0.2, 0.25) is 0 Å². The van der Waals surface area contributed by atoms with Crippen LogP contribution in [0.4, 0.5) is 0 Å². The van der Waals surface area contributed by atoms with E-state index in [1.807, 2.05) is 59.3 Å². The first-order valence-corrected chi connectivity index (χ1v) is 16.6. The quantitative estimate of drug-likeness (QED) is 0.0886. The first kappa shape index (κ1) is 27.7. The number of carbonyl (C=O) groups excluding carboxylic acids is 3. The predicted molar refractivity (Wildman–Crippen MR) is 175 cm³/mol. The van der Waals surface area contributed by atoms with E-state index in [1.54, 1.807) is 22.7 Å². The van der Waals surface area contributed by atoms with E-state index < -0.39 is 5.97 Å². The van der Waals surface area contributed by atoms with Crippen molar-refractivity contribution in [1.82, 2.24) is 4.90 Å². The molecule has 5 nitrogen and oxygen atoms in total. The molecule has 0 saturated carbocycles. The number of thiophene rings is 2. The lowest BCUT2D eigenvalue weighted by Gasteiger charge is -2.18. The first-order chi connectivity index (χ1) is 21.1. The maximum atomic E-state index is 14.4. The number of hydrogen-bond acceptors (Lipinski definition) is 6. The number of imide groups is 1. The van der Waals surface area contributed by atoms with Gasteiger partial charge in [0.05, 0.1) is 23.8 Å². The molecule has 0 saturated heterocycles. The van der Waals surface area contributed by atoms with Crippen LogP contribution in [0.25, 0.3) is 53.9 Å². The van der Waals surface area contributed by atoms with Crippen molar-refractivity contribution in [3.63, 3.8) is 0 Å². The van der Waals surface area contributed by atoms with Crippen molar-refractivity contribution in [1.29, 1.82) is 0 Å². The molecule has 2 amide bonds. The van der Waals surface area contributed by atoms with Crippen LogP contribution in [-0.2, 0) is 4.74 Å². The Balaban J connectivity index is 1.49. The largest absolute Gasteiger partial charge is 0.465 e. The molecule has 0 N–H and O–H groups in total. The minimum Gasteiger partial charge on any atom is -0.465 e. The lowest BCUT2D eigenvalue weighted by atomic mass is 9.84. The zero-order chi connectivity index (χ0) is 29.7. The van der Waals surface area contributed by atoms with Gasteiger partial charge >= 0.3 is 5.97 Å². The van der Waals surface area contributed by atoms with Crippen molar-refractivity contribution < 1.29 is 19.1 Å². The molecule has 7 rings (SSSR count). The molecule has 43 heavy (non-hydrogen) atoms. The molecule has 0 atom stereocenters. The maximum absolute atomic E-state index is 14.4. The van der Waals surface area contributed by atoms with Crippen LogP contribution in [0.3, 0.4) is 0 Å². The van der Waals surface area contributed by atoms with Gasteiger partial charge in [-0.05, 0) is 57.3 Å². The van der Waals surface area contributed by atoms with Gasteiger partial charge in [0.15, 0.2) is 0 Å². The maximum Gasteiger partial charge on any atom is 0.338 e. The molecule has 1 aliphatic carbocycles. The third kappa shape index (κ3) is 4.28. The van der Waals surface area contributed by atoms with E-state index in [2.05, 4.69) is 13.0 Å². The van der Waals surface area contributed by atoms with Crippen molar-refractivity contribution in [2.75, 3.05) is 13.7 Å². The molecule has 0 radical (unpaired) electrons. The minimum atomic E-state index is -0.394. The van der Waals surface area contributed by atoms with Gasteiger partial charge < -0.3 is 4.74 Å². The Morgan fingerprint density at radius 1 is 0.698 bits per heavy atom. The van der Waals surface area contributed by atoms with E-state index in [4.69, 9.17) is 4.74 Å². The average molecular weight is 606 g/mol. The summed E-state index contributed by atoms with van der Waals surface area (Å²) in [5.74, 6) is -0.818. The fourth-order valence-electron chi connectivity index (χ4n) is 6.78. The Morgan fingerprint density at radius 2 is 1.30 bits per heavy atom. The van der Waals surface area contributed by atoms with Crippen LogP contribution < -0.4 is 0 Å². The second-order valence-corrected chi connectivity index (χ2v) is 13.0. The number of unbranched alkanes of at least 4 members (excludes halogenated alkanes) is 5. The summed E-state index contributed by atoms with van der Waals surface area (Å²) in [6, 6.07) is 17.8. The number of ether oxygens (including phenoxy) is 1. The molecule has 0 fully saturated rings. The summed E-state index contributed by atoms with van der Waals surface area (Å²) in [5, 5.41) is 5.77. The van der Waals surface area contributed by atoms with Crippen molar-refractivity contribution in [2.45, 2.75) is 45.4 Å². The number of amides is 2. The molecule has 216 valence electrons. The Bertz CT molecular complexity index is 1820. The Morgan fingerprint density at radius 3 is 1.88 bits per heavy atom. The standard InChI is InChI=1S/C36H31NO4S2/c1-3-4-5-6-7-8-18-37-34(38)32-30(25-14-10-19-42-25)28-23-13-9-12-21-22(36(40)41-2)16-17-24(27(21)23)29(28)31(33(32)35(37)39)26-15-11-20-43-26/h9-17,19-20H,3-8,18H2,1-2H3. The number of hydrogen-bond donors (Lipinski definition) is 0. The highest BCUT2D eigenvalue weighted by Crippen LogP contribution is 2.59. The average Bonchev–Trinajstić information content (AvgIpc) is 3.84. The van der Waals surface area contributed by atoms with Crippen LogP contribution in [0.1, 0.15) is 76.5 Å². The van der Waals surface area contributed by atoms with Crippen molar-refractivity contribution >= 4 is 51.2 Å².